The lowest BCUT2D eigenvalue weighted by Crippen LogP contribution is -2.36. The molecule has 124 valence electrons. The van der Waals surface area contributed by atoms with Crippen LogP contribution in [-0.4, -0.2) is 16.7 Å². The summed E-state index contributed by atoms with van der Waals surface area (Å²) < 4.78 is 5.74. The molecule has 3 rings (SSSR count). The zero-order valence-corrected chi connectivity index (χ0v) is 14.5. The van der Waals surface area contributed by atoms with Crippen LogP contribution in [0.1, 0.15) is 61.8 Å². The van der Waals surface area contributed by atoms with Gasteiger partial charge in [-0.2, -0.15) is 0 Å². The molecule has 2 aliphatic rings. The molecular formula is C20H26O3. The fourth-order valence-electron chi connectivity index (χ4n) is 4.08. The predicted octanol–water partition coefficient (Wildman–Crippen LogP) is 4.64. The standard InChI is InChI=1S/C20H26O3/c1-5-15-11-13(3)10-14(4)16(15)17-18(21)20(23-19(17)22)8-6-12(2)7-9-20/h10-12,21H,5-9H2,1-4H3. The van der Waals surface area contributed by atoms with Crippen molar-refractivity contribution in [2.75, 3.05) is 0 Å². The Balaban J connectivity index is 2.12. The van der Waals surface area contributed by atoms with Crippen LogP contribution < -0.4 is 0 Å². The van der Waals surface area contributed by atoms with Crippen LogP contribution in [0.4, 0.5) is 0 Å². The first-order chi connectivity index (χ1) is 10.9. The second kappa shape index (κ2) is 5.70. The SMILES string of the molecule is CCc1cc(C)cc(C)c1C1=C(O)C2(CCC(C)CC2)OC1=O. The molecule has 1 heterocycles. The molecule has 0 unspecified atom stereocenters. The molecule has 1 saturated carbocycles. The van der Waals surface area contributed by atoms with Crippen molar-refractivity contribution in [3.05, 3.63) is 40.1 Å². The van der Waals surface area contributed by atoms with Crippen LogP contribution in [-0.2, 0) is 16.0 Å². The Morgan fingerprint density at radius 3 is 2.52 bits per heavy atom. The fourth-order valence-corrected chi connectivity index (χ4v) is 4.08. The zero-order valence-electron chi connectivity index (χ0n) is 14.5. The molecule has 1 aliphatic carbocycles. The lowest BCUT2D eigenvalue weighted by atomic mass is 9.77. The van der Waals surface area contributed by atoms with Crippen LogP contribution in [0.3, 0.4) is 0 Å². The number of aliphatic hydroxyl groups excluding tert-OH is 1. The lowest BCUT2D eigenvalue weighted by molar-refractivity contribution is -0.150. The van der Waals surface area contributed by atoms with Crippen LogP contribution >= 0.6 is 0 Å². The Kier molecular flexibility index (Phi) is 3.99. The Bertz CT molecular complexity index is 676. The first-order valence-corrected chi connectivity index (χ1v) is 8.65. The molecule has 3 nitrogen and oxygen atoms in total. The first kappa shape index (κ1) is 16.1. The fraction of sp³-hybridized carbons (Fsp3) is 0.550. The Hall–Kier alpha value is -1.77. The number of hydrogen-bond acceptors (Lipinski definition) is 3. The largest absolute Gasteiger partial charge is 0.507 e. The summed E-state index contributed by atoms with van der Waals surface area (Å²) in [6, 6.07) is 4.17. The highest BCUT2D eigenvalue weighted by atomic mass is 16.6. The molecule has 0 radical (unpaired) electrons. The predicted molar refractivity (Wildman–Crippen MR) is 91.3 cm³/mol. The van der Waals surface area contributed by atoms with Crippen molar-refractivity contribution >= 4 is 11.5 Å². The Labute approximate surface area is 138 Å². The van der Waals surface area contributed by atoms with Gasteiger partial charge in [0.1, 0.15) is 5.57 Å². The van der Waals surface area contributed by atoms with Gasteiger partial charge in [0.15, 0.2) is 11.4 Å². The van der Waals surface area contributed by atoms with E-state index < -0.39 is 5.60 Å². The number of ether oxygens (including phenoxy) is 1. The molecule has 0 bridgehead atoms. The Morgan fingerprint density at radius 1 is 1.26 bits per heavy atom. The summed E-state index contributed by atoms with van der Waals surface area (Å²) in [5.41, 5.74) is 3.80. The molecule has 1 aromatic carbocycles. The number of hydrogen-bond donors (Lipinski definition) is 1. The van der Waals surface area contributed by atoms with Gasteiger partial charge in [-0.05, 0) is 68.6 Å². The van der Waals surface area contributed by atoms with Gasteiger partial charge in [0.2, 0.25) is 0 Å². The number of esters is 1. The summed E-state index contributed by atoms with van der Waals surface area (Å²) in [7, 11) is 0. The molecular weight excluding hydrogens is 288 g/mol. The third-order valence-electron chi connectivity index (χ3n) is 5.43. The number of rotatable bonds is 2. The van der Waals surface area contributed by atoms with Gasteiger partial charge in [0.25, 0.3) is 0 Å². The van der Waals surface area contributed by atoms with E-state index in [0.717, 1.165) is 48.8 Å². The van der Waals surface area contributed by atoms with Crippen molar-refractivity contribution in [2.45, 2.75) is 65.4 Å². The highest BCUT2D eigenvalue weighted by Gasteiger charge is 2.50. The quantitative estimate of drug-likeness (QED) is 0.809. The van der Waals surface area contributed by atoms with E-state index in [4.69, 9.17) is 4.74 Å². The van der Waals surface area contributed by atoms with Gasteiger partial charge in [-0.25, -0.2) is 4.79 Å². The smallest absolute Gasteiger partial charge is 0.343 e. The van der Waals surface area contributed by atoms with Gasteiger partial charge in [-0.1, -0.05) is 31.5 Å². The van der Waals surface area contributed by atoms with Gasteiger partial charge in [-0.15, -0.1) is 0 Å². The van der Waals surface area contributed by atoms with Crippen molar-refractivity contribution < 1.29 is 14.6 Å². The van der Waals surface area contributed by atoms with Crippen molar-refractivity contribution in [3.8, 4) is 0 Å². The minimum Gasteiger partial charge on any atom is -0.507 e. The van der Waals surface area contributed by atoms with Crippen molar-refractivity contribution in [1.29, 1.82) is 0 Å². The maximum Gasteiger partial charge on any atom is 0.343 e. The van der Waals surface area contributed by atoms with Gasteiger partial charge >= 0.3 is 5.97 Å². The van der Waals surface area contributed by atoms with Crippen molar-refractivity contribution in [3.63, 3.8) is 0 Å². The number of aliphatic hydroxyl groups is 1. The molecule has 0 amide bonds. The molecule has 1 aliphatic heterocycles. The van der Waals surface area contributed by atoms with Crippen molar-refractivity contribution in [1.82, 2.24) is 0 Å². The van der Waals surface area contributed by atoms with E-state index in [1.54, 1.807) is 0 Å². The second-order valence-corrected chi connectivity index (χ2v) is 7.26. The monoisotopic (exact) mass is 314 g/mol. The van der Waals surface area contributed by atoms with Crippen LogP contribution in [0.5, 0.6) is 0 Å². The first-order valence-electron chi connectivity index (χ1n) is 8.65. The maximum atomic E-state index is 12.6. The van der Waals surface area contributed by atoms with Crippen LogP contribution in [0.15, 0.2) is 17.9 Å². The zero-order chi connectivity index (χ0) is 16.8. The lowest BCUT2D eigenvalue weighted by Gasteiger charge is -2.34. The molecule has 1 N–H and O–H groups in total. The molecule has 3 heteroatoms. The summed E-state index contributed by atoms with van der Waals surface area (Å²) in [4.78, 5) is 12.6. The summed E-state index contributed by atoms with van der Waals surface area (Å²) >= 11 is 0. The highest BCUT2D eigenvalue weighted by Crippen LogP contribution is 2.47. The van der Waals surface area contributed by atoms with E-state index in [-0.39, 0.29) is 11.7 Å². The van der Waals surface area contributed by atoms with Crippen LogP contribution in [0.25, 0.3) is 5.57 Å². The van der Waals surface area contributed by atoms with Gasteiger partial charge in [-0.3, -0.25) is 0 Å². The molecule has 1 spiro atoms. The van der Waals surface area contributed by atoms with E-state index >= 15 is 0 Å². The number of benzene rings is 1. The average molecular weight is 314 g/mol. The van der Waals surface area contributed by atoms with E-state index in [1.807, 2.05) is 6.92 Å². The third kappa shape index (κ3) is 2.56. The minimum atomic E-state index is -0.777. The molecule has 0 saturated heterocycles. The summed E-state index contributed by atoms with van der Waals surface area (Å²) in [6.07, 6.45) is 4.24. The van der Waals surface area contributed by atoms with E-state index in [2.05, 4.69) is 32.9 Å². The summed E-state index contributed by atoms with van der Waals surface area (Å²) in [6.45, 7) is 8.35. The molecule has 1 fully saturated rings. The highest BCUT2D eigenvalue weighted by molar-refractivity contribution is 6.20. The van der Waals surface area contributed by atoms with Gasteiger partial charge < -0.3 is 9.84 Å². The summed E-state index contributed by atoms with van der Waals surface area (Å²) in [5, 5.41) is 10.9. The van der Waals surface area contributed by atoms with Crippen LogP contribution in [0.2, 0.25) is 0 Å². The third-order valence-corrected chi connectivity index (χ3v) is 5.43. The number of carbonyl (C=O) groups is 1. The summed E-state index contributed by atoms with van der Waals surface area (Å²) in [5.74, 6) is 0.429. The average Bonchev–Trinajstić information content (AvgIpc) is 2.73. The normalized spacial score (nSPS) is 27.7. The molecule has 23 heavy (non-hydrogen) atoms. The van der Waals surface area contributed by atoms with Gasteiger partial charge in [0.05, 0.1) is 0 Å². The second-order valence-electron chi connectivity index (χ2n) is 7.26. The maximum absolute atomic E-state index is 12.6. The molecule has 1 aromatic rings. The number of aryl methyl sites for hydroxylation is 3. The van der Waals surface area contributed by atoms with Crippen LogP contribution in [0, 0.1) is 19.8 Å². The number of carbonyl (C=O) groups excluding carboxylic acids is 1. The van der Waals surface area contributed by atoms with E-state index in [9.17, 15) is 9.90 Å². The van der Waals surface area contributed by atoms with E-state index in [0.29, 0.717) is 11.5 Å². The molecule has 0 aromatic heterocycles. The van der Waals surface area contributed by atoms with E-state index in [1.165, 1.54) is 5.56 Å². The minimum absolute atomic E-state index is 0.163. The van der Waals surface area contributed by atoms with Gasteiger partial charge in [0, 0.05) is 0 Å². The Morgan fingerprint density at radius 2 is 1.91 bits per heavy atom. The van der Waals surface area contributed by atoms with Crippen molar-refractivity contribution in [2.24, 2.45) is 5.92 Å². The topological polar surface area (TPSA) is 46.5 Å². The molecule has 0 atom stereocenters.